The van der Waals surface area contributed by atoms with Gasteiger partial charge in [-0.3, -0.25) is 14.4 Å². The monoisotopic (exact) mass is 599 g/mol. The average Bonchev–Trinajstić information content (AvgIpc) is 3.53. The van der Waals surface area contributed by atoms with Crippen molar-refractivity contribution in [3.05, 3.63) is 53.6 Å². The molecular formula is C31H38ClN3O5S. The zero-order chi connectivity index (χ0) is 29.5. The van der Waals surface area contributed by atoms with Crippen LogP contribution in [0.2, 0.25) is 5.02 Å². The van der Waals surface area contributed by atoms with E-state index < -0.39 is 28.7 Å². The molecule has 0 radical (unpaired) electrons. The number of anilines is 2. The maximum Gasteiger partial charge on any atom is 0.248 e. The molecule has 3 N–H and O–H groups in total. The van der Waals surface area contributed by atoms with Gasteiger partial charge in [-0.2, -0.15) is 0 Å². The van der Waals surface area contributed by atoms with Crippen molar-refractivity contribution in [2.45, 2.75) is 62.6 Å². The summed E-state index contributed by atoms with van der Waals surface area (Å²) in [4.78, 5) is 44.0. The van der Waals surface area contributed by atoms with Crippen LogP contribution in [0.3, 0.4) is 0 Å². The number of hydrogen-bond donors (Lipinski definition) is 3. The molecule has 2 aromatic rings. The minimum atomic E-state index is -0.861. The largest absolute Gasteiger partial charge is 0.494 e. The van der Waals surface area contributed by atoms with Crippen molar-refractivity contribution in [2.24, 2.45) is 23.7 Å². The summed E-state index contributed by atoms with van der Waals surface area (Å²) < 4.78 is 4.70. The number of ether oxygens (including phenoxy) is 1. The molecule has 5 rings (SSSR count). The molecule has 10 heteroatoms. The lowest BCUT2D eigenvalue weighted by molar-refractivity contribution is -0.141. The number of rotatable bonds is 10. The number of likely N-dealkylation sites (tertiary alicyclic amines) is 1. The second-order valence-corrected chi connectivity index (χ2v) is 13.6. The van der Waals surface area contributed by atoms with Gasteiger partial charge in [-0.05, 0) is 68.0 Å². The number of benzene rings is 2. The van der Waals surface area contributed by atoms with Crippen molar-refractivity contribution in [3.63, 3.8) is 0 Å². The minimum absolute atomic E-state index is 0.00589. The van der Waals surface area contributed by atoms with Crippen LogP contribution in [-0.2, 0) is 14.4 Å². The molecule has 1 spiro atoms. The normalized spacial score (nSPS) is 29.0. The highest BCUT2D eigenvalue weighted by Gasteiger charge is 2.76. The Morgan fingerprint density at radius 2 is 1.85 bits per heavy atom. The average molecular weight is 600 g/mol. The van der Waals surface area contributed by atoms with Gasteiger partial charge < -0.3 is 25.4 Å². The van der Waals surface area contributed by atoms with Gasteiger partial charge in [0, 0.05) is 10.9 Å². The third-order valence-electron chi connectivity index (χ3n) is 8.65. The van der Waals surface area contributed by atoms with E-state index in [0.717, 1.165) is 0 Å². The maximum atomic E-state index is 14.4. The van der Waals surface area contributed by atoms with E-state index in [1.165, 1.54) is 0 Å². The first kappa shape index (κ1) is 29.7. The number of aliphatic hydroxyl groups excluding tert-OH is 1. The minimum Gasteiger partial charge on any atom is -0.494 e. The number of nitrogens with one attached hydrogen (secondary N) is 2. The highest BCUT2D eigenvalue weighted by Crippen LogP contribution is 2.69. The van der Waals surface area contributed by atoms with E-state index in [1.54, 1.807) is 65.2 Å². The molecule has 0 saturated carbocycles. The molecule has 41 heavy (non-hydrogen) atoms. The zero-order valence-corrected chi connectivity index (χ0v) is 25.4. The first-order chi connectivity index (χ1) is 19.6. The van der Waals surface area contributed by atoms with Gasteiger partial charge in [0.25, 0.3) is 0 Å². The molecule has 3 saturated heterocycles. The summed E-state index contributed by atoms with van der Waals surface area (Å²) in [5.41, 5.74) is 1.09. The van der Waals surface area contributed by atoms with Gasteiger partial charge in [-0.25, -0.2) is 0 Å². The SMILES string of the molecule is CCOc1ccc(NC(=O)[C@@H]2[C@@H]3CC(C)C4(S3)C(C(=O)Nc3ccccc3Cl)N([C@@H](CO)CC(C)C)C(=O)[C@H]24)cc1. The lowest BCUT2D eigenvalue weighted by atomic mass is 9.66. The van der Waals surface area contributed by atoms with E-state index >= 15 is 0 Å². The van der Waals surface area contributed by atoms with Crippen LogP contribution in [0.4, 0.5) is 11.4 Å². The molecule has 0 aromatic heterocycles. The molecule has 3 aliphatic heterocycles. The van der Waals surface area contributed by atoms with Gasteiger partial charge in [-0.1, -0.05) is 44.5 Å². The molecule has 2 bridgehead atoms. The van der Waals surface area contributed by atoms with Crippen molar-refractivity contribution in [1.29, 1.82) is 0 Å². The van der Waals surface area contributed by atoms with E-state index in [0.29, 0.717) is 41.6 Å². The van der Waals surface area contributed by atoms with E-state index in [-0.39, 0.29) is 41.4 Å². The molecule has 3 amide bonds. The summed E-state index contributed by atoms with van der Waals surface area (Å²) in [6, 6.07) is 12.8. The molecule has 3 unspecified atom stereocenters. The summed E-state index contributed by atoms with van der Waals surface area (Å²) in [7, 11) is 0. The number of carbonyl (C=O) groups is 3. The lowest BCUT2D eigenvalue weighted by Crippen LogP contribution is -2.57. The molecule has 3 aliphatic rings. The molecule has 8 nitrogen and oxygen atoms in total. The van der Waals surface area contributed by atoms with Crippen molar-refractivity contribution < 1.29 is 24.2 Å². The van der Waals surface area contributed by atoms with E-state index in [4.69, 9.17) is 16.3 Å². The van der Waals surface area contributed by atoms with Gasteiger partial charge in [0.2, 0.25) is 17.7 Å². The number of halogens is 1. The van der Waals surface area contributed by atoms with Crippen molar-refractivity contribution in [3.8, 4) is 5.75 Å². The highest BCUT2D eigenvalue weighted by molar-refractivity contribution is 8.02. The Labute approximate surface area is 250 Å². The summed E-state index contributed by atoms with van der Waals surface area (Å²) in [6.45, 7) is 8.31. The number of hydrogen-bond acceptors (Lipinski definition) is 6. The number of aliphatic hydroxyl groups is 1. The Morgan fingerprint density at radius 3 is 2.49 bits per heavy atom. The van der Waals surface area contributed by atoms with Crippen LogP contribution in [0.5, 0.6) is 5.75 Å². The Bertz CT molecular complexity index is 1310. The standard InChI is InChI=1S/C31H38ClN3O5S/c1-5-40-21-12-10-19(11-13-21)33-28(37)25-24-15-18(4)31(41-24)26(25)30(39)35(20(16-36)14-17(2)3)27(31)29(38)34-23-9-7-6-8-22(23)32/h6-13,17-18,20,24-27,36H,5,14-16H2,1-4H3,(H,33,37)(H,34,38)/t18?,20-,24+,25-,26+,27?,31?/m1/s1. The molecule has 0 aliphatic carbocycles. The van der Waals surface area contributed by atoms with Crippen LogP contribution < -0.4 is 15.4 Å². The smallest absolute Gasteiger partial charge is 0.248 e. The van der Waals surface area contributed by atoms with Crippen LogP contribution >= 0.6 is 23.4 Å². The third-order valence-corrected chi connectivity index (χ3v) is 11.1. The van der Waals surface area contributed by atoms with Crippen LogP contribution in [0.15, 0.2) is 48.5 Å². The van der Waals surface area contributed by atoms with Gasteiger partial charge in [0.05, 0.1) is 46.5 Å². The predicted octanol–water partition coefficient (Wildman–Crippen LogP) is 5.06. The maximum absolute atomic E-state index is 14.4. The van der Waals surface area contributed by atoms with Gasteiger partial charge in [-0.15, -0.1) is 11.8 Å². The summed E-state index contributed by atoms with van der Waals surface area (Å²) in [6.07, 6.45) is 1.25. The highest BCUT2D eigenvalue weighted by atomic mass is 35.5. The predicted molar refractivity (Wildman–Crippen MR) is 162 cm³/mol. The Hall–Kier alpha value is -2.75. The van der Waals surface area contributed by atoms with Gasteiger partial charge in [0.1, 0.15) is 11.8 Å². The number of amides is 3. The van der Waals surface area contributed by atoms with Crippen molar-refractivity contribution >= 4 is 52.5 Å². The fourth-order valence-electron chi connectivity index (χ4n) is 7.06. The van der Waals surface area contributed by atoms with Crippen molar-refractivity contribution in [2.75, 3.05) is 23.8 Å². The van der Waals surface area contributed by atoms with Crippen LogP contribution in [-0.4, -0.2) is 63.0 Å². The fourth-order valence-corrected chi connectivity index (χ4v) is 9.65. The first-order valence-electron chi connectivity index (χ1n) is 14.3. The zero-order valence-electron chi connectivity index (χ0n) is 23.8. The molecule has 7 atom stereocenters. The number of carbonyl (C=O) groups excluding carboxylic acids is 3. The third kappa shape index (κ3) is 5.21. The second-order valence-electron chi connectivity index (χ2n) is 11.7. The number of fused-ring (bicyclic) bond motifs is 1. The quantitative estimate of drug-likeness (QED) is 0.352. The lowest BCUT2D eigenvalue weighted by Gasteiger charge is -2.40. The molecule has 3 heterocycles. The van der Waals surface area contributed by atoms with E-state index in [9.17, 15) is 19.5 Å². The second kappa shape index (κ2) is 11.9. The van der Waals surface area contributed by atoms with Gasteiger partial charge in [0.15, 0.2) is 0 Å². The number of thioether (sulfide) groups is 1. The Balaban J connectivity index is 1.51. The Kier molecular flexibility index (Phi) is 8.60. The number of nitrogens with zero attached hydrogens (tertiary/aromatic N) is 1. The van der Waals surface area contributed by atoms with Crippen LogP contribution in [0, 0.1) is 23.7 Å². The van der Waals surface area contributed by atoms with Crippen molar-refractivity contribution in [1.82, 2.24) is 4.90 Å². The fraction of sp³-hybridized carbons (Fsp3) is 0.516. The van der Waals surface area contributed by atoms with Crippen LogP contribution in [0.1, 0.15) is 40.5 Å². The van der Waals surface area contributed by atoms with Crippen LogP contribution in [0.25, 0.3) is 0 Å². The molecule has 3 fully saturated rings. The van der Waals surface area contributed by atoms with E-state index in [1.807, 2.05) is 20.8 Å². The summed E-state index contributed by atoms with van der Waals surface area (Å²) in [5.74, 6) is -1.20. The Morgan fingerprint density at radius 1 is 1.15 bits per heavy atom. The van der Waals surface area contributed by atoms with Gasteiger partial charge >= 0.3 is 0 Å². The summed E-state index contributed by atoms with van der Waals surface area (Å²) in [5, 5.41) is 16.8. The molecule has 220 valence electrons. The van der Waals surface area contributed by atoms with E-state index in [2.05, 4.69) is 17.6 Å². The first-order valence-corrected chi connectivity index (χ1v) is 15.6. The molecular weight excluding hydrogens is 562 g/mol. The topological polar surface area (TPSA) is 108 Å². The summed E-state index contributed by atoms with van der Waals surface area (Å²) >= 11 is 7.98. The molecule has 2 aromatic carbocycles. The number of para-hydroxylation sites is 1.